The lowest BCUT2D eigenvalue weighted by Gasteiger charge is -2.58. The summed E-state index contributed by atoms with van der Waals surface area (Å²) in [6.45, 7) is 5.05. The highest BCUT2D eigenvalue weighted by Crippen LogP contribution is 2.41. The zero-order valence-corrected chi connectivity index (χ0v) is 20.1. The third kappa shape index (κ3) is 4.46. The molecule has 0 unspecified atom stereocenters. The molecule has 1 aromatic rings. The van der Waals surface area contributed by atoms with Crippen LogP contribution in [0.15, 0.2) is 24.3 Å². The summed E-state index contributed by atoms with van der Waals surface area (Å²) in [5.41, 5.74) is 1.01. The van der Waals surface area contributed by atoms with Crippen molar-refractivity contribution in [2.45, 2.75) is 56.8 Å². The predicted octanol–water partition coefficient (Wildman–Crippen LogP) is 0.0159. The molecule has 4 heterocycles. The number of hydrogen-bond donors (Lipinski definition) is 2. The number of rotatable bonds is 7. The van der Waals surface area contributed by atoms with Gasteiger partial charge < -0.3 is 15.3 Å². The monoisotopic (exact) mass is 483 g/mol. The molecule has 10 nitrogen and oxygen atoms in total. The Bertz CT molecular complexity index is 1020. The lowest BCUT2D eigenvalue weighted by molar-refractivity contribution is -0.180. The molecule has 2 atom stereocenters. The van der Waals surface area contributed by atoms with Gasteiger partial charge in [0.05, 0.1) is 12.1 Å². The van der Waals surface area contributed by atoms with Gasteiger partial charge in [-0.15, -0.1) is 0 Å². The van der Waals surface area contributed by atoms with Crippen LogP contribution in [0.3, 0.4) is 0 Å². The Morgan fingerprint density at radius 3 is 2.54 bits per heavy atom. The van der Waals surface area contributed by atoms with Crippen LogP contribution in [0.25, 0.3) is 0 Å². The molecule has 35 heavy (non-hydrogen) atoms. The molecular formula is C25H33N5O5. The molecule has 4 fully saturated rings. The first-order valence-corrected chi connectivity index (χ1v) is 12.4. The second-order valence-electron chi connectivity index (χ2n) is 10.2. The van der Waals surface area contributed by atoms with Gasteiger partial charge >= 0.3 is 0 Å². The van der Waals surface area contributed by atoms with Crippen LogP contribution >= 0.6 is 0 Å². The number of nitrogens with one attached hydrogen (secondary N) is 1. The lowest BCUT2D eigenvalue weighted by Crippen LogP contribution is -2.81. The number of β-amino-alcohol motifs (C(OH)–C–C–N with tert-alkyl or cyclic N) is 1. The summed E-state index contributed by atoms with van der Waals surface area (Å²) >= 11 is 0. The van der Waals surface area contributed by atoms with E-state index < -0.39 is 17.7 Å². The van der Waals surface area contributed by atoms with Gasteiger partial charge in [0.1, 0.15) is 5.54 Å². The number of nitrogens with zero attached hydrogens (tertiary/aromatic N) is 4. The Labute approximate surface area is 204 Å². The highest BCUT2D eigenvalue weighted by Gasteiger charge is 2.64. The molecule has 10 heteroatoms. The zero-order valence-electron chi connectivity index (χ0n) is 20.1. The van der Waals surface area contributed by atoms with Gasteiger partial charge in [0.25, 0.3) is 5.91 Å². The first-order chi connectivity index (χ1) is 16.8. The summed E-state index contributed by atoms with van der Waals surface area (Å²) in [5, 5.41) is 13.1. The van der Waals surface area contributed by atoms with Gasteiger partial charge in [0, 0.05) is 64.8 Å². The predicted molar refractivity (Wildman–Crippen MR) is 127 cm³/mol. The standard InChI is InChI=1S/C25H33N5O5/c1-17(31)26-19-7-5-18(6-8-19)13-27-15-25(16-27)24(35)29(11-3-10-28-9-2-4-22(28)33)23(34)21-12-20(32)14-30(21)25/h5-8,20-21,32H,2-4,9-16H2,1H3,(H,26,31)/t20-,21+/m1/s1. The van der Waals surface area contributed by atoms with Crippen molar-refractivity contribution in [3.63, 3.8) is 0 Å². The third-order valence-corrected chi connectivity index (χ3v) is 7.66. The van der Waals surface area contributed by atoms with Crippen molar-refractivity contribution < 1.29 is 24.3 Å². The highest BCUT2D eigenvalue weighted by atomic mass is 16.3. The fraction of sp³-hybridized carbons (Fsp3) is 0.600. The molecular weight excluding hydrogens is 450 g/mol. The zero-order chi connectivity index (χ0) is 24.7. The number of piperazine rings is 1. The molecule has 4 saturated heterocycles. The van der Waals surface area contributed by atoms with Crippen LogP contribution in [0, 0.1) is 0 Å². The summed E-state index contributed by atoms with van der Waals surface area (Å²) < 4.78 is 0. The summed E-state index contributed by atoms with van der Waals surface area (Å²) in [6.07, 6.45) is 1.74. The molecule has 0 aromatic heterocycles. The molecule has 188 valence electrons. The average Bonchev–Trinajstić information content (AvgIpc) is 3.38. The number of hydrogen-bond acceptors (Lipinski definition) is 7. The maximum Gasteiger partial charge on any atom is 0.252 e. The molecule has 5 rings (SSSR count). The normalized spacial score (nSPS) is 26.4. The minimum absolute atomic E-state index is 0.119. The van der Waals surface area contributed by atoms with Crippen molar-refractivity contribution in [2.24, 2.45) is 0 Å². The van der Waals surface area contributed by atoms with Crippen LogP contribution < -0.4 is 5.32 Å². The van der Waals surface area contributed by atoms with Crippen LogP contribution in [-0.2, 0) is 25.7 Å². The minimum atomic E-state index is -0.796. The fourth-order valence-corrected chi connectivity index (χ4v) is 6.02. The molecule has 0 bridgehead atoms. The smallest absolute Gasteiger partial charge is 0.252 e. The van der Waals surface area contributed by atoms with E-state index in [0.717, 1.165) is 24.2 Å². The van der Waals surface area contributed by atoms with E-state index >= 15 is 0 Å². The summed E-state index contributed by atoms with van der Waals surface area (Å²) in [4.78, 5) is 57.3. The van der Waals surface area contributed by atoms with Crippen molar-refractivity contribution in [1.29, 1.82) is 0 Å². The van der Waals surface area contributed by atoms with Gasteiger partial charge in [-0.2, -0.15) is 0 Å². The van der Waals surface area contributed by atoms with E-state index in [1.165, 1.54) is 11.8 Å². The number of benzene rings is 1. The van der Waals surface area contributed by atoms with Crippen LogP contribution in [0.2, 0.25) is 0 Å². The van der Waals surface area contributed by atoms with Gasteiger partial charge in [0.15, 0.2) is 0 Å². The SMILES string of the molecule is CC(=O)Nc1ccc(CN2CC3(C2)C(=O)N(CCCN2CCCC2=O)C(=O)[C@@H]2C[C@@H](O)CN23)cc1. The van der Waals surface area contributed by atoms with Gasteiger partial charge in [-0.3, -0.25) is 33.9 Å². The summed E-state index contributed by atoms with van der Waals surface area (Å²) in [6, 6.07) is 7.15. The van der Waals surface area contributed by atoms with E-state index in [4.69, 9.17) is 0 Å². The van der Waals surface area contributed by atoms with Crippen LogP contribution in [0.1, 0.15) is 38.2 Å². The van der Waals surface area contributed by atoms with E-state index in [1.54, 1.807) is 0 Å². The van der Waals surface area contributed by atoms with Crippen LogP contribution in [-0.4, -0.2) is 105 Å². The molecule has 0 saturated carbocycles. The number of carbonyl (C=O) groups excluding carboxylic acids is 4. The molecule has 4 amide bonds. The quantitative estimate of drug-likeness (QED) is 0.526. The Kier molecular flexibility index (Phi) is 6.37. The maximum absolute atomic E-state index is 13.7. The van der Waals surface area contributed by atoms with Gasteiger partial charge in [-0.1, -0.05) is 12.1 Å². The number of carbonyl (C=O) groups is 4. The lowest BCUT2D eigenvalue weighted by atomic mass is 9.82. The number of anilines is 1. The van der Waals surface area contributed by atoms with E-state index in [1.807, 2.05) is 34.1 Å². The summed E-state index contributed by atoms with van der Waals surface area (Å²) in [7, 11) is 0. The van der Waals surface area contributed by atoms with Crippen molar-refractivity contribution in [3.05, 3.63) is 29.8 Å². The van der Waals surface area contributed by atoms with E-state index in [-0.39, 0.29) is 23.6 Å². The Balaban J connectivity index is 1.25. The molecule has 4 aliphatic rings. The third-order valence-electron chi connectivity index (χ3n) is 7.66. The Morgan fingerprint density at radius 1 is 1.14 bits per heavy atom. The second-order valence-corrected chi connectivity index (χ2v) is 10.2. The molecule has 0 aliphatic carbocycles. The van der Waals surface area contributed by atoms with Crippen LogP contribution in [0.5, 0.6) is 0 Å². The number of amides is 4. The average molecular weight is 484 g/mol. The topological polar surface area (TPSA) is 114 Å². The summed E-state index contributed by atoms with van der Waals surface area (Å²) in [5.74, 6) is -0.385. The number of imide groups is 1. The second kappa shape index (κ2) is 9.33. The van der Waals surface area contributed by atoms with Crippen LogP contribution in [0.4, 0.5) is 5.69 Å². The number of likely N-dealkylation sites (tertiary alicyclic amines) is 2. The van der Waals surface area contributed by atoms with E-state index in [9.17, 15) is 24.3 Å². The minimum Gasteiger partial charge on any atom is -0.392 e. The fourth-order valence-electron chi connectivity index (χ4n) is 6.02. The molecule has 4 aliphatic heterocycles. The number of fused-ring (bicyclic) bond motifs is 2. The van der Waals surface area contributed by atoms with Crippen molar-refractivity contribution in [2.75, 3.05) is 44.6 Å². The van der Waals surface area contributed by atoms with Gasteiger partial charge in [0.2, 0.25) is 17.7 Å². The van der Waals surface area contributed by atoms with Crippen molar-refractivity contribution in [1.82, 2.24) is 19.6 Å². The molecule has 1 spiro atoms. The van der Waals surface area contributed by atoms with Gasteiger partial charge in [-0.05, 0) is 37.0 Å². The van der Waals surface area contributed by atoms with Crippen molar-refractivity contribution in [3.8, 4) is 0 Å². The highest BCUT2D eigenvalue weighted by molar-refractivity contribution is 6.06. The molecule has 1 aromatic carbocycles. The van der Waals surface area contributed by atoms with Gasteiger partial charge in [-0.25, -0.2) is 0 Å². The number of aliphatic hydroxyl groups excluding tert-OH is 1. The molecule has 2 N–H and O–H groups in total. The van der Waals surface area contributed by atoms with E-state index in [0.29, 0.717) is 58.5 Å². The first-order valence-electron chi connectivity index (χ1n) is 12.4. The Hall–Kier alpha value is -2.82. The molecule has 0 radical (unpaired) electrons. The van der Waals surface area contributed by atoms with E-state index in [2.05, 4.69) is 10.2 Å². The number of aliphatic hydroxyl groups is 1. The Morgan fingerprint density at radius 2 is 1.89 bits per heavy atom. The first kappa shape index (κ1) is 23.9. The largest absolute Gasteiger partial charge is 0.392 e. The van der Waals surface area contributed by atoms with Crippen molar-refractivity contribution >= 4 is 29.3 Å². The maximum atomic E-state index is 13.7.